The maximum atomic E-state index is 11.6. The Morgan fingerprint density at radius 2 is 2.06 bits per heavy atom. The van der Waals surface area contributed by atoms with E-state index < -0.39 is 12.1 Å². The molecule has 1 saturated heterocycles. The largest absolute Gasteiger partial charge is 0.425 e. The molecule has 1 fully saturated rings. The fourth-order valence-corrected chi connectivity index (χ4v) is 1.57. The highest BCUT2D eigenvalue weighted by molar-refractivity contribution is 9.10. The Morgan fingerprint density at radius 1 is 1.31 bits per heavy atom. The molecule has 1 aliphatic heterocycles. The van der Waals surface area contributed by atoms with E-state index in [1.807, 2.05) is 0 Å². The van der Waals surface area contributed by atoms with Crippen molar-refractivity contribution < 1.29 is 19.0 Å². The van der Waals surface area contributed by atoms with Crippen LogP contribution in [0.25, 0.3) is 0 Å². The van der Waals surface area contributed by atoms with Gasteiger partial charge in [0.2, 0.25) is 0 Å². The Bertz CT molecular complexity index is 357. The zero-order valence-corrected chi connectivity index (χ0v) is 10.1. The van der Waals surface area contributed by atoms with Crippen molar-refractivity contribution >= 4 is 21.9 Å². The number of carbonyl (C=O) groups excluding carboxylic acids is 1. The Hall–Kier alpha value is -0.910. The summed E-state index contributed by atoms with van der Waals surface area (Å²) in [6.07, 6.45) is -0.614. The minimum atomic E-state index is -0.614. The van der Waals surface area contributed by atoms with Crippen molar-refractivity contribution in [1.29, 1.82) is 0 Å². The summed E-state index contributed by atoms with van der Waals surface area (Å²) in [7, 11) is 0. The van der Waals surface area contributed by atoms with E-state index in [2.05, 4.69) is 15.9 Å². The highest BCUT2D eigenvalue weighted by Gasteiger charge is 2.24. The molecule has 2 rings (SSSR count). The standard InChI is InChI=1S/C11H11BrO4/c12-8-1-3-9(4-2-8)16-11(13)10-7-14-5-6-15-10/h1-4,10H,5-7H2. The van der Waals surface area contributed by atoms with Crippen molar-refractivity contribution in [2.45, 2.75) is 6.10 Å². The summed E-state index contributed by atoms with van der Waals surface area (Å²) < 4.78 is 16.4. The van der Waals surface area contributed by atoms with E-state index in [4.69, 9.17) is 14.2 Å². The molecule has 1 heterocycles. The molecular weight excluding hydrogens is 276 g/mol. The smallest absolute Gasteiger partial charge is 0.343 e. The van der Waals surface area contributed by atoms with Crippen LogP contribution in [0.4, 0.5) is 0 Å². The van der Waals surface area contributed by atoms with Gasteiger partial charge >= 0.3 is 5.97 Å². The highest BCUT2D eigenvalue weighted by atomic mass is 79.9. The van der Waals surface area contributed by atoms with E-state index in [1.54, 1.807) is 24.3 Å². The summed E-state index contributed by atoms with van der Waals surface area (Å²) in [5.74, 6) is 0.0874. The summed E-state index contributed by atoms with van der Waals surface area (Å²) >= 11 is 3.30. The van der Waals surface area contributed by atoms with Gasteiger partial charge in [-0.2, -0.15) is 0 Å². The number of carbonyl (C=O) groups is 1. The van der Waals surface area contributed by atoms with Crippen LogP contribution in [0.5, 0.6) is 5.75 Å². The summed E-state index contributed by atoms with van der Waals surface area (Å²) in [6, 6.07) is 7.04. The van der Waals surface area contributed by atoms with Crippen LogP contribution in [0.15, 0.2) is 28.7 Å². The summed E-state index contributed by atoms with van der Waals surface area (Å²) in [5.41, 5.74) is 0. The molecule has 1 aliphatic rings. The van der Waals surface area contributed by atoms with Gasteiger partial charge in [-0.3, -0.25) is 0 Å². The molecule has 1 aromatic carbocycles. The number of ether oxygens (including phenoxy) is 3. The van der Waals surface area contributed by atoms with Crippen LogP contribution in [0.3, 0.4) is 0 Å². The molecule has 1 unspecified atom stereocenters. The van der Waals surface area contributed by atoms with Gasteiger partial charge in [-0.05, 0) is 24.3 Å². The van der Waals surface area contributed by atoms with Crippen LogP contribution >= 0.6 is 15.9 Å². The number of rotatable bonds is 2. The maximum Gasteiger partial charge on any atom is 0.343 e. The zero-order chi connectivity index (χ0) is 11.4. The number of benzene rings is 1. The van der Waals surface area contributed by atoms with Gasteiger partial charge in [0.15, 0.2) is 6.10 Å². The fraction of sp³-hybridized carbons (Fsp3) is 0.364. The second kappa shape index (κ2) is 5.43. The highest BCUT2D eigenvalue weighted by Crippen LogP contribution is 2.17. The predicted molar refractivity (Wildman–Crippen MR) is 60.3 cm³/mol. The third kappa shape index (κ3) is 3.04. The molecule has 0 aliphatic carbocycles. The lowest BCUT2D eigenvalue weighted by atomic mass is 10.3. The lowest BCUT2D eigenvalue weighted by molar-refractivity contribution is -0.161. The molecule has 0 saturated carbocycles. The van der Waals surface area contributed by atoms with Gasteiger partial charge in [-0.15, -0.1) is 0 Å². The first-order valence-corrected chi connectivity index (χ1v) is 5.71. The van der Waals surface area contributed by atoms with E-state index in [1.165, 1.54) is 0 Å². The molecule has 0 radical (unpaired) electrons. The van der Waals surface area contributed by atoms with Gasteiger partial charge in [0.05, 0.1) is 19.8 Å². The second-order valence-corrected chi connectivity index (χ2v) is 4.23. The molecule has 1 aromatic rings. The molecule has 0 N–H and O–H groups in total. The maximum absolute atomic E-state index is 11.6. The van der Waals surface area contributed by atoms with E-state index in [-0.39, 0.29) is 6.61 Å². The first-order chi connectivity index (χ1) is 7.75. The third-order valence-electron chi connectivity index (χ3n) is 2.11. The summed E-state index contributed by atoms with van der Waals surface area (Å²) in [6.45, 7) is 1.22. The minimum Gasteiger partial charge on any atom is -0.425 e. The van der Waals surface area contributed by atoms with Gasteiger partial charge in [-0.1, -0.05) is 15.9 Å². The van der Waals surface area contributed by atoms with Crippen molar-refractivity contribution in [1.82, 2.24) is 0 Å². The lowest BCUT2D eigenvalue weighted by Gasteiger charge is -2.21. The van der Waals surface area contributed by atoms with Gasteiger partial charge < -0.3 is 14.2 Å². The lowest BCUT2D eigenvalue weighted by Crippen LogP contribution is -2.38. The first kappa shape index (κ1) is 11.6. The molecule has 4 nitrogen and oxygen atoms in total. The normalized spacial score (nSPS) is 20.4. The molecule has 1 atom stereocenters. The molecule has 0 spiro atoms. The summed E-state index contributed by atoms with van der Waals surface area (Å²) in [5, 5.41) is 0. The van der Waals surface area contributed by atoms with Crippen molar-refractivity contribution in [3.63, 3.8) is 0 Å². The predicted octanol–water partition coefficient (Wildman–Crippen LogP) is 1.77. The van der Waals surface area contributed by atoms with Crippen LogP contribution in [0, 0.1) is 0 Å². The molecule has 16 heavy (non-hydrogen) atoms. The van der Waals surface area contributed by atoms with E-state index in [0.29, 0.717) is 19.0 Å². The number of halogens is 1. The van der Waals surface area contributed by atoms with E-state index >= 15 is 0 Å². The molecule has 5 heteroatoms. The molecule has 0 aromatic heterocycles. The van der Waals surface area contributed by atoms with Crippen molar-refractivity contribution in [2.24, 2.45) is 0 Å². The molecule has 0 bridgehead atoms. The fourth-order valence-electron chi connectivity index (χ4n) is 1.31. The van der Waals surface area contributed by atoms with E-state index in [0.717, 1.165) is 4.47 Å². The Balaban J connectivity index is 1.93. The first-order valence-electron chi connectivity index (χ1n) is 4.92. The Labute approximate surface area is 102 Å². The number of hydrogen-bond donors (Lipinski definition) is 0. The molecule has 86 valence electrons. The van der Waals surface area contributed by atoms with Gasteiger partial charge in [0.1, 0.15) is 5.75 Å². The van der Waals surface area contributed by atoms with Crippen LogP contribution in [0.2, 0.25) is 0 Å². The van der Waals surface area contributed by atoms with Crippen molar-refractivity contribution in [3.8, 4) is 5.75 Å². The van der Waals surface area contributed by atoms with E-state index in [9.17, 15) is 4.79 Å². The topological polar surface area (TPSA) is 44.8 Å². The van der Waals surface area contributed by atoms with Crippen LogP contribution in [-0.4, -0.2) is 31.9 Å². The molecule has 0 amide bonds. The average Bonchev–Trinajstić information content (AvgIpc) is 2.33. The van der Waals surface area contributed by atoms with Crippen molar-refractivity contribution in [2.75, 3.05) is 19.8 Å². The SMILES string of the molecule is O=C(Oc1ccc(Br)cc1)C1COCCO1. The van der Waals surface area contributed by atoms with Crippen LogP contribution < -0.4 is 4.74 Å². The van der Waals surface area contributed by atoms with Gasteiger partial charge in [0, 0.05) is 4.47 Å². The zero-order valence-electron chi connectivity index (χ0n) is 8.52. The number of hydrogen-bond acceptors (Lipinski definition) is 4. The Morgan fingerprint density at radius 3 is 2.69 bits per heavy atom. The Kier molecular flexibility index (Phi) is 3.93. The number of esters is 1. The van der Waals surface area contributed by atoms with Crippen LogP contribution in [0.1, 0.15) is 0 Å². The monoisotopic (exact) mass is 286 g/mol. The minimum absolute atomic E-state index is 0.259. The average molecular weight is 287 g/mol. The summed E-state index contributed by atoms with van der Waals surface area (Å²) in [4.78, 5) is 11.6. The van der Waals surface area contributed by atoms with Gasteiger partial charge in [-0.25, -0.2) is 4.79 Å². The van der Waals surface area contributed by atoms with Crippen LogP contribution in [-0.2, 0) is 14.3 Å². The molecular formula is C11H11BrO4. The second-order valence-electron chi connectivity index (χ2n) is 3.31. The van der Waals surface area contributed by atoms with Gasteiger partial charge in [0.25, 0.3) is 0 Å². The van der Waals surface area contributed by atoms with Crippen molar-refractivity contribution in [3.05, 3.63) is 28.7 Å². The quantitative estimate of drug-likeness (QED) is 0.614. The third-order valence-corrected chi connectivity index (χ3v) is 2.64.